The van der Waals surface area contributed by atoms with Gasteiger partial charge in [0, 0.05) is 22.3 Å². The monoisotopic (exact) mass is 468 g/mol. The zero-order valence-electron chi connectivity index (χ0n) is 17.1. The van der Waals surface area contributed by atoms with Crippen molar-refractivity contribution >= 4 is 27.6 Å². The van der Waals surface area contributed by atoms with Crippen LogP contribution in [-0.4, -0.2) is 27.6 Å². The maximum Gasteiger partial charge on any atom is 0.322 e. The molecule has 7 heteroatoms. The maximum atomic E-state index is 13.0. The van der Waals surface area contributed by atoms with Crippen LogP contribution < -0.4 is 5.32 Å². The van der Waals surface area contributed by atoms with E-state index in [1.807, 2.05) is 36.4 Å². The molecule has 0 bridgehead atoms. The van der Waals surface area contributed by atoms with Crippen LogP contribution in [-0.2, 0) is 0 Å². The van der Waals surface area contributed by atoms with E-state index in [0.717, 1.165) is 35.0 Å². The average molecular weight is 469 g/mol. The fourth-order valence-electron chi connectivity index (χ4n) is 3.66. The number of nitrogens with zero attached hydrogens (tertiary/aromatic N) is 3. The standard InChI is InChI=1S/C23H25BrN4O2/c1-15(2)16-8-12-19(13-9-16)25-23(29)28-14-4-3-5-20(28)22-26-21(27-30-22)17-6-10-18(24)11-7-17/h6-13,15,20H,3-5,14H2,1-2H3,(H,25,29). The molecule has 0 spiro atoms. The number of hydrogen-bond acceptors (Lipinski definition) is 4. The number of benzene rings is 2. The molecule has 1 aliphatic rings. The normalized spacial score (nSPS) is 16.7. The molecule has 3 aromatic rings. The van der Waals surface area contributed by atoms with Crippen molar-refractivity contribution in [1.29, 1.82) is 0 Å². The Morgan fingerprint density at radius 2 is 1.87 bits per heavy atom. The molecule has 1 N–H and O–H groups in total. The van der Waals surface area contributed by atoms with E-state index < -0.39 is 0 Å². The van der Waals surface area contributed by atoms with E-state index in [4.69, 9.17) is 4.52 Å². The molecule has 2 amide bonds. The number of carbonyl (C=O) groups excluding carboxylic acids is 1. The van der Waals surface area contributed by atoms with Crippen molar-refractivity contribution in [2.45, 2.75) is 45.1 Å². The van der Waals surface area contributed by atoms with Crippen molar-refractivity contribution in [3.8, 4) is 11.4 Å². The molecule has 1 atom stereocenters. The molecule has 1 fully saturated rings. The van der Waals surface area contributed by atoms with Crippen molar-refractivity contribution in [3.05, 3.63) is 64.5 Å². The smallest absolute Gasteiger partial charge is 0.322 e. The van der Waals surface area contributed by atoms with Gasteiger partial charge in [-0.2, -0.15) is 4.98 Å². The topological polar surface area (TPSA) is 71.3 Å². The van der Waals surface area contributed by atoms with Crippen molar-refractivity contribution in [2.75, 3.05) is 11.9 Å². The van der Waals surface area contributed by atoms with Crippen molar-refractivity contribution in [2.24, 2.45) is 0 Å². The van der Waals surface area contributed by atoms with E-state index >= 15 is 0 Å². The summed E-state index contributed by atoms with van der Waals surface area (Å²) in [5.74, 6) is 1.48. The van der Waals surface area contributed by atoms with Crippen LogP contribution >= 0.6 is 15.9 Å². The molecule has 0 saturated carbocycles. The summed E-state index contributed by atoms with van der Waals surface area (Å²) in [6, 6.07) is 15.4. The van der Waals surface area contributed by atoms with E-state index in [1.54, 1.807) is 4.90 Å². The molecule has 4 rings (SSSR count). The lowest BCUT2D eigenvalue weighted by Crippen LogP contribution is -2.41. The molecule has 6 nitrogen and oxygen atoms in total. The lowest BCUT2D eigenvalue weighted by Gasteiger charge is -2.33. The number of likely N-dealkylation sites (tertiary alicyclic amines) is 1. The summed E-state index contributed by atoms with van der Waals surface area (Å²) in [6.45, 7) is 4.97. The third-order valence-corrected chi connectivity index (χ3v) is 5.95. The minimum atomic E-state index is -0.217. The Morgan fingerprint density at radius 1 is 1.13 bits per heavy atom. The van der Waals surface area contributed by atoms with Gasteiger partial charge in [0.15, 0.2) is 0 Å². The predicted molar refractivity (Wildman–Crippen MR) is 120 cm³/mol. The Balaban J connectivity index is 1.50. The highest BCUT2D eigenvalue weighted by atomic mass is 79.9. The number of amides is 2. The zero-order valence-corrected chi connectivity index (χ0v) is 18.7. The molecular weight excluding hydrogens is 444 g/mol. The fraction of sp³-hybridized carbons (Fsp3) is 0.348. The van der Waals surface area contributed by atoms with Crippen molar-refractivity contribution < 1.29 is 9.32 Å². The highest BCUT2D eigenvalue weighted by Gasteiger charge is 2.32. The molecular formula is C23H25BrN4O2. The van der Waals surface area contributed by atoms with E-state index in [9.17, 15) is 4.79 Å². The lowest BCUT2D eigenvalue weighted by atomic mass is 10.0. The second-order valence-electron chi connectivity index (χ2n) is 7.87. The van der Waals surface area contributed by atoms with Crippen LogP contribution in [0.25, 0.3) is 11.4 Å². The van der Waals surface area contributed by atoms with Crippen molar-refractivity contribution in [1.82, 2.24) is 15.0 Å². The van der Waals surface area contributed by atoms with Crippen LogP contribution in [0.2, 0.25) is 0 Å². The molecule has 1 saturated heterocycles. The third-order valence-electron chi connectivity index (χ3n) is 5.42. The molecule has 1 aromatic heterocycles. The Morgan fingerprint density at radius 3 is 2.57 bits per heavy atom. The van der Waals surface area contributed by atoms with E-state index in [1.165, 1.54) is 5.56 Å². The number of halogens is 1. The second kappa shape index (κ2) is 9.00. The van der Waals surface area contributed by atoms with Crippen LogP contribution in [0.15, 0.2) is 57.5 Å². The van der Waals surface area contributed by atoms with Crippen LogP contribution in [0.5, 0.6) is 0 Å². The van der Waals surface area contributed by atoms with Gasteiger partial charge in [-0.25, -0.2) is 4.79 Å². The van der Waals surface area contributed by atoms with Gasteiger partial charge in [-0.3, -0.25) is 0 Å². The molecule has 0 radical (unpaired) electrons. The van der Waals surface area contributed by atoms with Gasteiger partial charge in [-0.15, -0.1) is 0 Å². The Labute approximate surface area is 184 Å². The molecule has 1 unspecified atom stereocenters. The number of piperidine rings is 1. The Hall–Kier alpha value is -2.67. The summed E-state index contributed by atoms with van der Waals surface area (Å²) >= 11 is 3.43. The molecule has 2 heterocycles. The van der Waals surface area contributed by atoms with Crippen LogP contribution in [0.1, 0.15) is 56.5 Å². The van der Waals surface area contributed by atoms with Crippen LogP contribution in [0, 0.1) is 0 Å². The van der Waals surface area contributed by atoms with Crippen LogP contribution in [0.4, 0.5) is 10.5 Å². The number of rotatable bonds is 4. The summed E-state index contributed by atoms with van der Waals surface area (Å²) in [7, 11) is 0. The fourth-order valence-corrected chi connectivity index (χ4v) is 3.93. The Bertz CT molecular complexity index is 999. The molecule has 2 aromatic carbocycles. The lowest BCUT2D eigenvalue weighted by molar-refractivity contribution is 0.142. The van der Waals surface area contributed by atoms with Gasteiger partial charge < -0.3 is 14.7 Å². The van der Waals surface area contributed by atoms with Gasteiger partial charge in [0.25, 0.3) is 0 Å². The van der Waals surface area contributed by atoms with Gasteiger partial charge in [0.2, 0.25) is 11.7 Å². The van der Waals surface area contributed by atoms with Crippen LogP contribution in [0.3, 0.4) is 0 Å². The second-order valence-corrected chi connectivity index (χ2v) is 8.79. The molecule has 30 heavy (non-hydrogen) atoms. The van der Waals surface area contributed by atoms with E-state index in [-0.39, 0.29) is 12.1 Å². The zero-order chi connectivity index (χ0) is 21.1. The highest BCUT2D eigenvalue weighted by molar-refractivity contribution is 9.10. The quantitative estimate of drug-likeness (QED) is 0.481. The van der Waals surface area contributed by atoms with Gasteiger partial charge >= 0.3 is 6.03 Å². The SMILES string of the molecule is CC(C)c1ccc(NC(=O)N2CCCCC2c2nc(-c3ccc(Br)cc3)no2)cc1. The summed E-state index contributed by atoms with van der Waals surface area (Å²) < 4.78 is 6.56. The summed E-state index contributed by atoms with van der Waals surface area (Å²) in [5, 5.41) is 7.15. The van der Waals surface area contributed by atoms with Gasteiger partial charge in [-0.05, 0) is 67.1 Å². The first-order valence-corrected chi connectivity index (χ1v) is 11.1. The van der Waals surface area contributed by atoms with Gasteiger partial charge in [-0.1, -0.05) is 47.1 Å². The average Bonchev–Trinajstić information content (AvgIpc) is 3.25. The number of carbonyl (C=O) groups is 1. The summed E-state index contributed by atoms with van der Waals surface area (Å²) in [4.78, 5) is 19.4. The summed E-state index contributed by atoms with van der Waals surface area (Å²) in [6.07, 6.45) is 2.79. The van der Waals surface area contributed by atoms with Crippen molar-refractivity contribution in [3.63, 3.8) is 0 Å². The largest absolute Gasteiger partial charge is 0.337 e. The maximum absolute atomic E-state index is 13.0. The van der Waals surface area contributed by atoms with Gasteiger partial charge in [0.1, 0.15) is 6.04 Å². The number of nitrogens with one attached hydrogen (secondary N) is 1. The first-order valence-electron chi connectivity index (χ1n) is 10.3. The van der Waals surface area contributed by atoms with E-state index in [0.29, 0.717) is 24.2 Å². The molecule has 0 aliphatic carbocycles. The predicted octanol–water partition coefficient (Wildman–Crippen LogP) is 6.38. The first-order chi connectivity index (χ1) is 14.5. The number of hydrogen-bond donors (Lipinski definition) is 1. The number of aromatic nitrogens is 2. The van der Waals surface area contributed by atoms with Gasteiger partial charge in [0.05, 0.1) is 0 Å². The molecule has 156 valence electrons. The molecule has 1 aliphatic heterocycles. The summed E-state index contributed by atoms with van der Waals surface area (Å²) in [5.41, 5.74) is 2.91. The first kappa shape index (κ1) is 20.6. The minimum Gasteiger partial charge on any atom is -0.337 e. The Kier molecular flexibility index (Phi) is 6.18. The number of anilines is 1. The van der Waals surface area contributed by atoms with E-state index in [2.05, 4.69) is 57.4 Å². The highest BCUT2D eigenvalue weighted by Crippen LogP contribution is 2.32. The third kappa shape index (κ3) is 4.56. The number of urea groups is 1. The minimum absolute atomic E-state index is 0.139.